The average Bonchev–Trinajstić information content (AvgIpc) is 3.11. The first-order chi connectivity index (χ1) is 16.7. The van der Waals surface area contributed by atoms with Gasteiger partial charge in [0.15, 0.2) is 5.65 Å². The molecule has 3 aromatic rings. The maximum atomic E-state index is 9.55. The molecule has 2 aromatic heterocycles. The topological polar surface area (TPSA) is 136 Å². The van der Waals surface area contributed by atoms with Gasteiger partial charge in [-0.2, -0.15) is 4.98 Å². The van der Waals surface area contributed by atoms with E-state index >= 15 is 0 Å². The minimum atomic E-state index is -1.26. The Kier molecular flexibility index (Phi) is 10.2. The number of nitrogens with one attached hydrogen (secondary N) is 1. The number of hydrogen-bond donors (Lipinski definition) is 3. The van der Waals surface area contributed by atoms with Gasteiger partial charge in [0.25, 0.3) is 0 Å². The number of imidazole rings is 1. The summed E-state index contributed by atoms with van der Waals surface area (Å²) in [6.45, 7) is 8.05. The molecule has 0 spiro atoms. The lowest BCUT2D eigenvalue weighted by Gasteiger charge is -2.14. The van der Waals surface area contributed by atoms with Crippen LogP contribution in [0.5, 0.6) is 5.88 Å². The first kappa shape index (κ1) is 27.3. The normalized spacial score (nSPS) is 10.8. The van der Waals surface area contributed by atoms with Gasteiger partial charge in [0.05, 0.1) is 12.3 Å². The standard InChI is InChI=1S/C21H28N4O2.C4H4O4/c1-6-16-9-7-8-14(2)17(16)13-22-18-12-19(27-11-10-26-5)24-21-20(18)23-15(3)25(21)4;5-3(6)1-2-4(7)8/h7-9,12H,6,10-11,13H2,1-5H3,(H,22,24);1-2H,(H,5,6)(H,7,8)/b;2-1+. The summed E-state index contributed by atoms with van der Waals surface area (Å²) < 4.78 is 12.8. The number of benzene rings is 1. The number of nitrogens with zero attached hydrogens (tertiary/aromatic N) is 3. The van der Waals surface area contributed by atoms with Crippen molar-refractivity contribution in [1.82, 2.24) is 14.5 Å². The molecule has 3 rings (SSSR count). The van der Waals surface area contributed by atoms with Crippen molar-refractivity contribution in [2.75, 3.05) is 25.6 Å². The van der Waals surface area contributed by atoms with E-state index in [2.05, 4.69) is 47.3 Å². The highest BCUT2D eigenvalue weighted by Gasteiger charge is 2.14. The molecule has 0 radical (unpaired) electrons. The van der Waals surface area contributed by atoms with Crippen LogP contribution in [0.4, 0.5) is 5.69 Å². The van der Waals surface area contributed by atoms with E-state index in [1.165, 1.54) is 16.7 Å². The molecule has 0 unspecified atom stereocenters. The minimum Gasteiger partial charge on any atom is -0.478 e. The van der Waals surface area contributed by atoms with Crippen molar-refractivity contribution in [3.05, 3.63) is 58.9 Å². The molecule has 188 valence electrons. The average molecular weight is 485 g/mol. The van der Waals surface area contributed by atoms with E-state index in [1.807, 2.05) is 24.6 Å². The van der Waals surface area contributed by atoms with Gasteiger partial charge < -0.3 is 29.6 Å². The molecule has 10 heteroatoms. The molecular formula is C25H32N4O6. The first-order valence-corrected chi connectivity index (χ1v) is 11.1. The fourth-order valence-electron chi connectivity index (χ4n) is 3.35. The van der Waals surface area contributed by atoms with E-state index in [1.54, 1.807) is 7.11 Å². The van der Waals surface area contributed by atoms with Gasteiger partial charge in [-0.05, 0) is 37.0 Å². The quantitative estimate of drug-likeness (QED) is 0.292. The number of rotatable bonds is 10. The summed E-state index contributed by atoms with van der Waals surface area (Å²) in [5, 5.41) is 19.2. The number of carboxylic acids is 2. The predicted octanol–water partition coefficient (Wildman–Crippen LogP) is 3.50. The third-order valence-electron chi connectivity index (χ3n) is 5.28. The van der Waals surface area contributed by atoms with Crippen molar-refractivity contribution >= 4 is 28.8 Å². The first-order valence-electron chi connectivity index (χ1n) is 11.1. The molecule has 0 atom stereocenters. The third-order valence-corrected chi connectivity index (χ3v) is 5.28. The summed E-state index contributed by atoms with van der Waals surface area (Å²) in [6, 6.07) is 8.39. The van der Waals surface area contributed by atoms with E-state index in [0.717, 1.165) is 35.6 Å². The summed E-state index contributed by atoms with van der Waals surface area (Å²) in [6.07, 6.45) is 2.13. The van der Waals surface area contributed by atoms with Gasteiger partial charge in [0.2, 0.25) is 5.88 Å². The van der Waals surface area contributed by atoms with Crippen molar-refractivity contribution < 1.29 is 29.3 Å². The van der Waals surface area contributed by atoms with E-state index in [9.17, 15) is 9.59 Å². The smallest absolute Gasteiger partial charge is 0.328 e. The van der Waals surface area contributed by atoms with Crippen LogP contribution < -0.4 is 10.1 Å². The third kappa shape index (κ3) is 7.82. The zero-order valence-corrected chi connectivity index (χ0v) is 20.7. The number of ether oxygens (including phenoxy) is 2. The van der Waals surface area contributed by atoms with Crippen molar-refractivity contribution in [2.24, 2.45) is 7.05 Å². The van der Waals surface area contributed by atoms with Crippen molar-refractivity contribution in [3.63, 3.8) is 0 Å². The Bertz CT molecular complexity index is 1190. The van der Waals surface area contributed by atoms with Gasteiger partial charge in [-0.15, -0.1) is 0 Å². The SMILES string of the molecule is CCc1cccc(C)c1CNc1cc(OCCOC)nc2c1nc(C)n2C.O=C(O)/C=C/C(=O)O. The van der Waals surface area contributed by atoms with Crippen LogP contribution in [-0.2, 0) is 34.3 Å². The number of pyridine rings is 1. The summed E-state index contributed by atoms with van der Waals surface area (Å²) in [5.41, 5.74) is 6.59. The number of fused-ring (bicyclic) bond motifs is 1. The second kappa shape index (κ2) is 13.1. The summed E-state index contributed by atoms with van der Waals surface area (Å²) >= 11 is 0. The van der Waals surface area contributed by atoms with Crippen LogP contribution in [0.25, 0.3) is 11.2 Å². The second-order valence-electron chi connectivity index (χ2n) is 7.67. The Balaban J connectivity index is 0.000000466. The van der Waals surface area contributed by atoms with Crippen molar-refractivity contribution in [2.45, 2.75) is 33.7 Å². The molecule has 10 nitrogen and oxygen atoms in total. The zero-order chi connectivity index (χ0) is 26.0. The summed E-state index contributed by atoms with van der Waals surface area (Å²) in [5.74, 6) is -1.02. The second-order valence-corrected chi connectivity index (χ2v) is 7.67. The highest BCUT2D eigenvalue weighted by Crippen LogP contribution is 2.27. The molecule has 1 aromatic carbocycles. The molecule has 0 fully saturated rings. The van der Waals surface area contributed by atoms with Crippen LogP contribution in [0, 0.1) is 13.8 Å². The van der Waals surface area contributed by atoms with E-state index in [4.69, 9.17) is 19.7 Å². The van der Waals surface area contributed by atoms with Crippen LogP contribution in [0.2, 0.25) is 0 Å². The number of methoxy groups -OCH3 is 1. The molecule has 0 bridgehead atoms. The Hall–Kier alpha value is -3.92. The van der Waals surface area contributed by atoms with E-state index in [0.29, 0.717) is 31.2 Å². The van der Waals surface area contributed by atoms with Crippen LogP contribution in [-0.4, -0.2) is 57.0 Å². The molecule has 3 N–H and O–H groups in total. The molecular weight excluding hydrogens is 452 g/mol. The highest BCUT2D eigenvalue weighted by molar-refractivity contribution is 5.89. The van der Waals surface area contributed by atoms with Gasteiger partial charge in [-0.3, -0.25) is 0 Å². The largest absolute Gasteiger partial charge is 0.478 e. The Morgan fingerprint density at radius 2 is 1.80 bits per heavy atom. The number of carbonyl (C=O) groups is 2. The number of aryl methyl sites for hydroxylation is 4. The van der Waals surface area contributed by atoms with Gasteiger partial charge in [0.1, 0.15) is 17.9 Å². The maximum Gasteiger partial charge on any atom is 0.328 e. The molecule has 0 aliphatic carbocycles. The monoisotopic (exact) mass is 484 g/mol. The number of carboxylic acid groups (broad SMARTS) is 2. The predicted molar refractivity (Wildman–Crippen MR) is 133 cm³/mol. The number of hydrogen-bond acceptors (Lipinski definition) is 7. The lowest BCUT2D eigenvalue weighted by atomic mass is 10.00. The Morgan fingerprint density at radius 3 is 2.40 bits per heavy atom. The van der Waals surface area contributed by atoms with Crippen LogP contribution in [0.1, 0.15) is 29.4 Å². The molecule has 2 heterocycles. The molecule has 0 aliphatic heterocycles. The summed E-state index contributed by atoms with van der Waals surface area (Å²) in [7, 11) is 3.63. The van der Waals surface area contributed by atoms with Gasteiger partial charge in [-0.1, -0.05) is 25.1 Å². The van der Waals surface area contributed by atoms with Crippen LogP contribution >= 0.6 is 0 Å². The molecule has 0 saturated heterocycles. The van der Waals surface area contributed by atoms with Crippen LogP contribution in [0.3, 0.4) is 0 Å². The van der Waals surface area contributed by atoms with Crippen molar-refractivity contribution in [3.8, 4) is 5.88 Å². The zero-order valence-electron chi connectivity index (χ0n) is 20.7. The Morgan fingerprint density at radius 1 is 1.11 bits per heavy atom. The fraction of sp³-hybridized carbons (Fsp3) is 0.360. The molecule has 0 saturated carbocycles. The lowest BCUT2D eigenvalue weighted by Crippen LogP contribution is -2.08. The van der Waals surface area contributed by atoms with Gasteiger partial charge in [0, 0.05) is 38.9 Å². The van der Waals surface area contributed by atoms with Crippen LogP contribution in [0.15, 0.2) is 36.4 Å². The number of anilines is 1. The molecule has 0 aliphatic rings. The minimum absolute atomic E-state index is 0.461. The number of aliphatic carboxylic acids is 2. The van der Waals surface area contributed by atoms with Gasteiger partial charge in [-0.25, -0.2) is 14.6 Å². The Labute approximate surface area is 204 Å². The van der Waals surface area contributed by atoms with E-state index in [-0.39, 0.29) is 0 Å². The molecule has 0 amide bonds. The molecule has 35 heavy (non-hydrogen) atoms. The van der Waals surface area contributed by atoms with Gasteiger partial charge >= 0.3 is 11.9 Å². The van der Waals surface area contributed by atoms with E-state index < -0.39 is 11.9 Å². The maximum absolute atomic E-state index is 9.55. The fourth-order valence-corrected chi connectivity index (χ4v) is 3.35. The summed E-state index contributed by atoms with van der Waals surface area (Å²) in [4.78, 5) is 28.4. The van der Waals surface area contributed by atoms with Crippen molar-refractivity contribution in [1.29, 1.82) is 0 Å². The lowest BCUT2D eigenvalue weighted by molar-refractivity contribution is -0.134. The highest BCUT2D eigenvalue weighted by atomic mass is 16.5. The number of aromatic nitrogens is 3.